The van der Waals surface area contributed by atoms with Crippen LogP contribution in [0.15, 0.2) is 0 Å². The average Bonchev–Trinajstić information content (AvgIpc) is 2.32. The smallest absolute Gasteiger partial charge is 0.245 e. The molecule has 1 fully saturated rings. The van der Waals surface area contributed by atoms with E-state index in [9.17, 15) is 9.59 Å². The maximum absolute atomic E-state index is 12.6. The summed E-state index contributed by atoms with van der Waals surface area (Å²) in [4.78, 5) is 26.5. The van der Waals surface area contributed by atoms with Gasteiger partial charge in [0.15, 0.2) is 0 Å². The minimum atomic E-state index is -0.451. The van der Waals surface area contributed by atoms with Gasteiger partial charge in [-0.2, -0.15) is 0 Å². The molecule has 1 N–H and O–H groups in total. The van der Waals surface area contributed by atoms with E-state index >= 15 is 0 Å². The van der Waals surface area contributed by atoms with E-state index in [1.54, 1.807) is 4.90 Å². The van der Waals surface area contributed by atoms with Gasteiger partial charge in [0.2, 0.25) is 11.8 Å². The maximum Gasteiger partial charge on any atom is 0.245 e. The van der Waals surface area contributed by atoms with Crippen LogP contribution in [0.3, 0.4) is 0 Å². The lowest BCUT2D eigenvalue weighted by molar-refractivity contribution is -0.156. The number of hydrogen-bond acceptors (Lipinski definition) is 3. The number of nitrogens with one attached hydrogen (secondary N) is 1. The number of nitrogens with zero attached hydrogens (tertiary/aromatic N) is 1. The van der Waals surface area contributed by atoms with Gasteiger partial charge in [-0.25, -0.2) is 0 Å². The molecule has 1 aliphatic heterocycles. The van der Waals surface area contributed by atoms with Gasteiger partial charge in [-0.15, -0.1) is 0 Å². The highest BCUT2D eigenvalue weighted by Gasteiger charge is 2.43. The van der Waals surface area contributed by atoms with Gasteiger partial charge in [0, 0.05) is 6.61 Å². The number of ether oxygens (including phenoxy) is 1. The maximum atomic E-state index is 12.6. The zero-order chi connectivity index (χ0) is 15.5. The van der Waals surface area contributed by atoms with E-state index in [0.29, 0.717) is 19.6 Å². The van der Waals surface area contributed by atoms with Crippen LogP contribution in [0.25, 0.3) is 0 Å². The van der Waals surface area contributed by atoms with Gasteiger partial charge >= 0.3 is 0 Å². The lowest BCUT2D eigenvalue weighted by Crippen LogP contribution is -2.66. The summed E-state index contributed by atoms with van der Waals surface area (Å²) in [5.74, 6) is 0.0199. The van der Waals surface area contributed by atoms with Gasteiger partial charge in [-0.3, -0.25) is 9.59 Å². The minimum absolute atomic E-state index is 0.00132. The molecule has 5 nitrogen and oxygen atoms in total. The summed E-state index contributed by atoms with van der Waals surface area (Å²) in [6, 6.07) is -0.819. The summed E-state index contributed by atoms with van der Waals surface area (Å²) in [7, 11) is 0. The molecule has 0 bridgehead atoms. The van der Waals surface area contributed by atoms with Crippen molar-refractivity contribution >= 4 is 11.8 Å². The Morgan fingerprint density at radius 3 is 2.35 bits per heavy atom. The zero-order valence-electron chi connectivity index (χ0n) is 13.5. The Kier molecular flexibility index (Phi) is 5.57. The fourth-order valence-corrected chi connectivity index (χ4v) is 2.76. The van der Waals surface area contributed by atoms with Crippen LogP contribution in [0, 0.1) is 5.92 Å². The summed E-state index contributed by atoms with van der Waals surface area (Å²) >= 11 is 0. The van der Waals surface area contributed by atoms with Crippen molar-refractivity contribution in [3.63, 3.8) is 0 Å². The van der Waals surface area contributed by atoms with Crippen molar-refractivity contribution in [2.24, 2.45) is 5.92 Å². The molecule has 2 amide bonds. The van der Waals surface area contributed by atoms with Gasteiger partial charge in [-0.1, -0.05) is 20.8 Å². The molecule has 0 saturated carbocycles. The van der Waals surface area contributed by atoms with Crippen molar-refractivity contribution in [1.29, 1.82) is 0 Å². The van der Waals surface area contributed by atoms with E-state index in [0.717, 1.165) is 0 Å². The molecule has 0 aromatic carbocycles. The van der Waals surface area contributed by atoms with E-state index < -0.39 is 17.7 Å². The van der Waals surface area contributed by atoms with Crippen molar-refractivity contribution in [1.82, 2.24) is 10.2 Å². The molecule has 2 atom stereocenters. The number of hydrogen-bond donors (Lipinski definition) is 1. The Labute approximate surface area is 122 Å². The molecule has 1 rings (SSSR count). The fraction of sp³-hybridized carbons (Fsp3) is 0.867. The summed E-state index contributed by atoms with van der Waals surface area (Å²) in [6.07, 6.45) is 0.612. The molecule has 2 unspecified atom stereocenters. The Bertz CT molecular complexity index is 366. The van der Waals surface area contributed by atoms with E-state index in [1.165, 1.54) is 0 Å². The molecule has 0 spiro atoms. The monoisotopic (exact) mass is 284 g/mol. The third-order valence-corrected chi connectivity index (χ3v) is 3.63. The van der Waals surface area contributed by atoms with Crippen LogP contribution in [-0.4, -0.2) is 47.6 Å². The second-order valence-corrected chi connectivity index (χ2v) is 6.32. The molecule has 0 aromatic heterocycles. The van der Waals surface area contributed by atoms with Crippen molar-refractivity contribution in [3.8, 4) is 0 Å². The SMILES string of the molecule is CCOC(C)(C)CN1C(=O)C(CC)NC(=O)C1C(C)C. The van der Waals surface area contributed by atoms with Crippen molar-refractivity contribution in [2.45, 2.75) is 65.6 Å². The Morgan fingerprint density at radius 2 is 1.90 bits per heavy atom. The molecular weight excluding hydrogens is 256 g/mol. The highest BCUT2D eigenvalue weighted by atomic mass is 16.5. The third-order valence-electron chi connectivity index (χ3n) is 3.63. The molecule has 1 saturated heterocycles. The zero-order valence-corrected chi connectivity index (χ0v) is 13.5. The number of carbonyl (C=O) groups excluding carboxylic acids is 2. The van der Waals surface area contributed by atoms with E-state index in [-0.39, 0.29) is 17.7 Å². The topological polar surface area (TPSA) is 58.6 Å². The second-order valence-electron chi connectivity index (χ2n) is 6.32. The van der Waals surface area contributed by atoms with Gasteiger partial charge in [-0.05, 0) is 33.1 Å². The fourth-order valence-electron chi connectivity index (χ4n) is 2.76. The molecule has 1 aliphatic rings. The molecule has 0 radical (unpaired) electrons. The first-order valence-electron chi connectivity index (χ1n) is 7.48. The highest BCUT2D eigenvalue weighted by molar-refractivity contribution is 5.97. The first-order valence-corrected chi connectivity index (χ1v) is 7.48. The van der Waals surface area contributed by atoms with Crippen LogP contribution in [0.2, 0.25) is 0 Å². The number of amides is 2. The standard InChI is InChI=1S/C15H28N2O3/c1-7-11-14(19)17(9-15(5,6)20-8-2)12(10(3)4)13(18)16-11/h10-12H,7-9H2,1-6H3,(H,16,18). The molecule has 116 valence electrons. The quantitative estimate of drug-likeness (QED) is 0.805. The lowest BCUT2D eigenvalue weighted by atomic mass is 9.94. The van der Waals surface area contributed by atoms with Crippen LogP contribution in [0.1, 0.15) is 48.0 Å². The second kappa shape index (κ2) is 6.57. The average molecular weight is 284 g/mol. The molecule has 1 heterocycles. The van der Waals surface area contributed by atoms with Crippen molar-refractivity contribution in [3.05, 3.63) is 0 Å². The van der Waals surface area contributed by atoms with Crippen LogP contribution < -0.4 is 5.32 Å². The molecule has 0 aromatic rings. The summed E-state index contributed by atoms with van der Waals surface area (Å²) in [6.45, 7) is 12.7. The first-order chi connectivity index (χ1) is 9.23. The number of carbonyl (C=O) groups is 2. The third kappa shape index (κ3) is 3.72. The molecule has 5 heteroatoms. The number of rotatable bonds is 6. The summed E-state index contributed by atoms with van der Waals surface area (Å²) < 4.78 is 5.69. The molecule has 0 aliphatic carbocycles. The van der Waals surface area contributed by atoms with Gasteiger partial charge in [0.1, 0.15) is 12.1 Å². The normalized spacial score (nSPS) is 24.2. The van der Waals surface area contributed by atoms with Crippen LogP contribution in [0.4, 0.5) is 0 Å². The predicted octanol–water partition coefficient (Wildman–Crippen LogP) is 1.56. The highest BCUT2D eigenvalue weighted by Crippen LogP contribution is 2.22. The van der Waals surface area contributed by atoms with E-state index in [1.807, 2.05) is 41.5 Å². The van der Waals surface area contributed by atoms with Gasteiger partial charge in [0.25, 0.3) is 0 Å². The van der Waals surface area contributed by atoms with Crippen LogP contribution in [0.5, 0.6) is 0 Å². The van der Waals surface area contributed by atoms with E-state index in [4.69, 9.17) is 4.74 Å². The Balaban J connectivity index is 3.00. The van der Waals surface area contributed by atoms with Crippen molar-refractivity contribution < 1.29 is 14.3 Å². The largest absolute Gasteiger partial charge is 0.374 e. The Hall–Kier alpha value is -1.10. The van der Waals surface area contributed by atoms with Gasteiger partial charge < -0.3 is 15.0 Å². The van der Waals surface area contributed by atoms with Crippen molar-refractivity contribution in [2.75, 3.05) is 13.2 Å². The lowest BCUT2D eigenvalue weighted by Gasteiger charge is -2.43. The minimum Gasteiger partial charge on any atom is -0.374 e. The summed E-state index contributed by atoms with van der Waals surface area (Å²) in [5, 5.41) is 2.82. The summed E-state index contributed by atoms with van der Waals surface area (Å²) in [5.41, 5.74) is -0.451. The molecular formula is C15H28N2O3. The van der Waals surface area contributed by atoms with E-state index in [2.05, 4.69) is 5.32 Å². The Morgan fingerprint density at radius 1 is 1.30 bits per heavy atom. The first kappa shape index (κ1) is 17.0. The van der Waals surface area contributed by atoms with Crippen LogP contribution >= 0.6 is 0 Å². The number of piperazine rings is 1. The van der Waals surface area contributed by atoms with Gasteiger partial charge in [0.05, 0.1) is 12.1 Å². The van der Waals surface area contributed by atoms with Crippen LogP contribution in [-0.2, 0) is 14.3 Å². The predicted molar refractivity (Wildman–Crippen MR) is 78.3 cm³/mol. The molecule has 20 heavy (non-hydrogen) atoms.